The van der Waals surface area contributed by atoms with Gasteiger partial charge in [0.05, 0.1) is 17.7 Å². The van der Waals surface area contributed by atoms with Gasteiger partial charge in [0.25, 0.3) is 0 Å². The molecule has 102 valence electrons. The van der Waals surface area contributed by atoms with Gasteiger partial charge in [0.15, 0.2) is 0 Å². The summed E-state index contributed by atoms with van der Waals surface area (Å²) in [7, 11) is 0. The van der Waals surface area contributed by atoms with Gasteiger partial charge in [-0.2, -0.15) is 5.26 Å². The molecule has 1 unspecified atom stereocenters. The van der Waals surface area contributed by atoms with Gasteiger partial charge in [-0.05, 0) is 37.8 Å². The van der Waals surface area contributed by atoms with E-state index >= 15 is 0 Å². The second-order valence-corrected chi connectivity index (χ2v) is 5.71. The molecule has 0 radical (unpaired) electrons. The lowest BCUT2D eigenvalue weighted by Gasteiger charge is -2.32. The van der Waals surface area contributed by atoms with Crippen LogP contribution in [-0.4, -0.2) is 17.7 Å². The van der Waals surface area contributed by atoms with Crippen molar-refractivity contribution in [2.24, 2.45) is 5.92 Å². The summed E-state index contributed by atoms with van der Waals surface area (Å²) < 4.78 is 0. The van der Waals surface area contributed by atoms with Gasteiger partial charge < -0.3 is 10.0 Å². The molecule has 1 aromatic rings. The lowest BCUT2D eigenvalue weighted by Crippen LogP contribution is -2.34. The molecule has 0 bridgehead atoms. The van der Waals surface area contributed by atoms with Crippen molar-refractivity contribution in [1.82, 2.24) is 0 Å². The molecule has 19 heavy (non-hydrogen) atoms. The van der Waals surface area contributed by atoms with E-state index in [4.69, 9.17) is 5.26 Å². The molecule has 1 aliphatic heterocycles. The fourth-order valence-electron chi connectivity index (χ4n) is 3.00. The third kappa shape index (κ3) is 2.74. The summed E-state index contributed by atoms with van der Waals surface area (Å²) in [6.07, 6.45) is 1.86. The zero-order valence-corrected chi connectivity index (χ0v) is 11.9. The first-order chi connectivity index (χ1) is 9.04. The summed E-state index contributed by atoms with van der Waals surface area (Å²) in [6.45, 7) is 7.27. The first-order valence-electron chi connectivity index (χ1n) is 7.03. The number of hydrogen-bond donors (Lipinski definition) is 1. The minimum Gasteiger partial charge on any atom is -0.389 e. The molecule has 0 aliphatic carbocycles. The third-order valence-electron chi connectivity index (χ3n) is 3.99. The minimum absolute atomic E-state index is 0.504. The highest BCUT2D eigenvalue weighted by molar-refractivity contribution is 5.59. The number of nitrogens with zero attached hydrogens (tertiary/aromatic N) is 2. The predicted octanol–water partition coefficient (Wildman–Crippen LogP) is 3.24. The molecule has 0 saturated carbocycles. The van der Waals surface area contributed by atoms with Crippen molar-refractivity contribution in [2.75, 3.05) is 11.4 Å². The van der Waals surface area contributed by atoms with E-state index in [2.05, 4.69) is 24.8 Å². The maximum Gasteiger partial charge on any atom is 0.0992 e. The van der Waals surface area contributed by atoms with Gasteiger partial charge >= 0.3 is 0 Å². The molecule has 0 amide bonds. The SMILES string of the molecule is CC(C)C1CCCN1c1cc(C#N)ccc1[C@@H](C)O. The van der Waals surface area contributed by atoms with E-state index in [1.807, 2.05) is 12.1 Å². The van der Waals surface area contributed by atoms with Crippen molar-refractivity contribution in [1.29, 1.82) is 5.26 Å². The number of rotatable bonds is 3. The van der Waals surface area contributed by atoms with E-state index in [9.17, 15) is 5.11 Å². The van der Waals surface area contributed by atoms with Crippen LogP contribution in [0.25, 0.3) is 0 Å². The smallest absolute Gasteiger partial charge is 0.0992 e. The number of benzene rings is 1. The van der Waals surface area contributed by atoms with Crippen LogP contribution in [0.3, 0.4) is 0 Å². The van der Waals surface area contributed by atoms with E-state index in [0.29, 0.717) is 17.5 Å². The Morgan fingerprint density at radius 3 is 2.68 bits per heavy atom. The monoisotopic (exact) mass is 258 g/mol. The van der Waals surface area contributed by atoms with Gasteiger partial charge in [0, 0.05) is 23.8 Å². The summed E-state index contributed by atoms with van der Waals surface area (Å²) in [5, 5.41) is 19.0. The van der Waals surface area contributed by atoms with E-state index in [1.165, 1.54) is 12.8 Å². The summed E-state index contributed by atoms with van der Waals surface area (Å²) in [5.41, 5.74) is 2.62. The predicted molar refractivity (Wildman–Crippen MR) is 77.0 cm³/mol. The Labute approximate surface area is 115 Å². The highest BCUT2D eigenvalue weighted by Gasteiger charge is 2.29. The molecule has 1 saturated heterocycles. The van der Waals surface area contributed by atoms with Crippen LogP contribution in [0.5, 0.6) is 0 Å². The molecule has 1 fully saturated rings. The van der Waals surface area contributed by atoms with Crippen LogP contribution in [-0.2, 0) is 0 Å². The molecule has 1 aromatic carbocycles. The molecule has 3 nitrogen and oxygen atoms in total. The fraction of sp³-hybridized carbons (Fsp3) is 0.562. The summed E-state index contributed by atoms with van der Waals surface area (Å²) in [4.78, 5) is 2.37. The number of nitriles is 1. The molecular weight excluding hydrogens is 236 g/mol. The zero-order valence-electron chi connectivity index (χ0n) is 11.9. The molecule has 0 aromatic heterocycles. The van der Waals surface area contributed by atoms with Gasteiger partial charge in [-0.3, -0.25) is 0 Å². The minimum atomic E-state index is -0.504. The van der Waals surface area contributed by atoms with Crippen molar-refractivity contribution in [3.05, 3.63) is 29.3 Å². The first-order valence-corrected chi connectivity index (χ1v) is 7.03. The van der Waals surface area contributed by atoms with Crippen molar-refractivity contribution in [2.45, 2.75) is 45.8 Å². The van der Waals surface area contributed by atoms with Gasteiger partial charge in [0.1, 0.15) is 0 Å². The molecular formula is C16H22N2O. The van der Waals surface area contributed by atoms with Gasteiger partial charge in [-0.15, -0.1) is 0 Å². The van der Waals surface area contributed by atoms with Gasteiger partial charge in [0.2, 0.25) is 0 Å². The lowest BCUT2D eigenvalue weighted by atomic mass is 9.99. The second-order valence-electron chi connectivity index (χ2n) is 5.71. The Balaban J connectivity index is 2.44. The second kappa shape index (κ2) is 5.63. The number of aliphatic hydroxyl groups excluding tert-OH is 1. The van der Waals surface area contributed by atoms with Gasteiger partial charge in [-0.1, -0.05) is 19.9 Å². The fourth-order valence-corrected chi connectivity index (χ4v) is 3.00. The van der Waals surface area contributed by atoms with Crippen molar-refractivity contribution in [3.8, 4) is 6.07 Å². The van der Waals surface area contributed by atoms with E-state index in [0.717, 1.165) is 17.8 Å². The molecule has 0 spiro atoms. The largest absolute Gasteiger partial charge is 0.389 e. The molecule has 1 heterocycles. The standard InChI is InChI=1S/C16H22N2O/c1-11(2)15-5-4-8-18(15)16-9-13(10-17)6-7-14(16)12(3)19/h6-7,9,11-12,15,19H,4-5,8H2,1-3H3/t12-,15?/m1/s1. The van der Waals surface area contributed by atoms with Crippen LogP contribution in [0.1, 0.15) is 50.8 Å². The van der Waals surface area contributed by atoms with E-state index in [1.54, 1.807) is 13.0 Å². The normalized spacial score (nSPS) is 20.6. The quantitative estimate of drug-likeness (QED) is 0.905. The van der Waals surface area contributed by atoms with Crippen LogP contribution >= 0.6 is 0 Å². The van der Waals surface area contributed by atoms with Crippen LogP contribution in [0.15, 0.2) is 18.2 Å². The highest BCUT2D eigenvalue weighted by atomic mass is 16.3. The van der Waals surface area contributed by atoms with Crippen molar-refractivity contribution < 1.29 is 5.11 Å². The summed E-state index contributed by atoms with van der Waals surface area (Å²) >= 11 is 0. The summed E-state index contributed by atoms with van der Waals surface area (Å²) in [6, 6.07) is 8.29. The first kappa shape index (κ1) is 13.9. The maximum atomic E-state index is 9.94. The van der Waals surface area contributed by atoms with Crippen LogP contribution in [0.2, 0.25) is 0 Å². The highest BCUT2D eigenvalue weighted by Crippen LogP contribution is 2.35. The molecule has 2 atom stereocenters. The molecule has 1 aliphatic rings. The van der Waals surface area contributed by atoms with Gasteiger partial charge in [-0.25, -0.2) is 0 Å². The molecule has 3 heteroatoms. The number of hydrogen-bond acceptors (Lipinski definition) is 3. The Morgan fingerprint density at radius 1 is 1.37 bits per heavy atom. The van der Waals surface area contributed by atoms with Crippen LogP contribution in [0.4, 0.5) is 5.69 Å². The average molecular weight is 258 g/mol. The van der Waals surface area contributed by atoms with Crippen molar-refractivity contribution >= 4 is 5.69 Å². The Bertz CT molecular complexity index is 488. The lowest BCUT2D eigenvalue weighted by molar-refractivity contribution is 0.199. The molecule has 2 rings (SSSR count). The van der Waals surface area contributed by atoms with Crippen LogP contribution in [0, 0.1) is 17.2 Å². The zero-order chi connectivity index (χ0) is 14.0. The van der Waals surface area contributed by atoms with Crippen LogP contribution < -0.4 is 4.90 Å². The third-order valence-corrected chi connectivity index (χ3v) is 3.99. The van der Waals surface area contributed by atoms with E-state index < -0.39 is 6.10 Å². The molecule has 1 N–H and O–H groups in total. The Morgan fingerprint density at radius 2 is 2.11 bits per heavy atom. The number of aliphatic hydroxyl groups is 1. The maximum absolute atomic E-state index is 9.94. The topological polar surface area (TPSA) is 47.3 Å². The average Bonchev–Trinajstić information content (AvgIpc) is 2.87. The number of anilines is 1. The Hall–Kier alpha value is -1.53. The Kier molecular flexibility index (Phi) is 4.11. The van der Waals surface area contributed by atoms with E-state index in [-0.39, 0.29) is 0 Å². The van der Waals surface area contributed by atoms with Crippen molar-refractivity contribution in [3.63, 3.8) is 0 Å². The summed E-state index contributed by atoms with van der Waals surface area (Å²) in [5.74, 6) is 0.579.